The van der Waals surface area contributed by atoms with Gasteiger partial charge in [0.1, 0.15) is 8.64 Å². The maximum absolute atomic E-state index is 5.89. The summed E-state index contributed by atoms with van der Waals surface area (Å²) in [7, 11) is 7.36. The van der Waals surface area contributed by atoms with E-state index in [-0.39, 0.29) is 0 Å². The van der Waals surface area contributed by atoms with E-state index < -0.39 is 0 Å². The molecule has 0 radical (unpaired) electrons. The van der Waals surface area contributed by atoms with Gasteiger partial charge in [-0.15, -0.1) is 0 Å². The molecule has 0 aromatic heterocycles. The third-order valence-corrected chi connectivity index (χ3v) is 14.1. The van der Waals surface area contributed by atoms with Crippen molar-refractivity contribution in [2.24, 2.45) is 0 Å². The van der Waals surface area contributed by atoms with Gasteiger partial charge in [-0.05, 0) is 56.7 Å². The van der Waals surface area contributed by atoms with Crippen LogP contribution in [0.5, 0.6) is 0 Å². The van der Waals surface area contributed by atoms with E-state index in [1.807, 2.05) is 21.6 Å². The van der Waals surface area contributed by atoms with E-state index in [1.165, 1.54) is 73.6 Å². The first-order chi connectivity index (χ1) is 23.7. The molecule has 0 amide bonds. The van der Waals surface area contributed by atoms with E-state index >= 15 is 0 Å². The molecule has 4 rings (SSSR count). The molecule has 4 aromatic carbocycles. The van der Waals surface area contributed by atoms with Crippen LogP contribution in [0.3, 0.4) is 0 Å². The number of benzene rings is 4. The predicted octanol–water partition coefficient (Wildman–Crippen LogP) is 12.8. The van der Waals surface area contributed by atoms with Gasteiger partial charge in [0.05, 0.1) is 0 Å². The van der Waals surface area contributed by atoms with Crippen LogP contribution in [0.2, 0.25) is 0 Å². The molecule has 0 N–H and O–H groups in total. The largest absolute Gasteiger partial charge is 0.348 e. The van der Waals surface area contributed by atoms with Crippen molar-refractivity contribution in [1.29, 1.82) is 0 Å². The number of hydrogen-bond donors (Lipinski definition) is 0. The summed E-state index contributed by atoms with van der Waals surface area (Å²) in [6.07, 6.45) is 10.5. The fourth-order valence-corrected chi connectivity index (χ4v) is 10.3. The standard InChI is InChI=1S/C40H48N2S6/c43-39(41(31-35-21-11-7-12-22-35)32-36-23-13-8-14-24-36)47-45-29-19-5-3-1-2-4-6-20-30-46-48-40(44)42(33-37-25-15-9-16-26-37)34-38-27-17-10-18-28-38/h7-18,21-28H,1-6,19-20,29-34H2. The lowest BCUT2D eigenvalue weighted by Crippen LogP contribution is -2.26. The van der Waals surface area contributed by atoms with E-state index in [2.05, 4.69) is 131 Å². The van der Waals surface area contributed by atoms with Crippen LogP contribution in [0.1, 0.15) is 73.6 Å². The molecule has 0 aliphatic heterocycles. The van der Waals surface area contributed by atoms with Crippen molar-refractivity contribution in [2.75, 3.05) is 11.5 Å². The molecule has 0 aliphatic rings. The molecule has 0 spiro atoms. The molecule has 2 nitrogen and oxygen atoms in total. The van der Waals surface area contributed by atoms with Crippen molar-refractivity contribution < 1.29 is 0 Å². The van der Waals surface area contributed by atoms with Gasteiger partial charge < -0.3 is 9.80 Å². The average Bonchev–Trinajstić information content (AvgIpc) is 3.13. The minimum Gasteiger partial charge on any atom is -0.348 e. The van der Waals surface area contributed by atoms with E-state index in [4.69, 9.17) is 24.4 Å². The SMILES string of the molecule is S=C(SSCCCCCCCCCCSSC(=S)N(Cc1ccccc1)Cc1ccccc1)N(Cc1ccccc1)Cc1ccccc1. The second kappa shape index (κ2) is 24.2. The van der Waals surface area contributed by atoms with Crippen molar-refractivity contribution in [2.45, 2.75) is 77.5 Å². The smallest absolute Gasteiger partial charge is 0.147 e. The average molecular weight is 749 g/mol. The molecule has 0 aliphatic carbocycles. The van der Waals surface area contributed by atoms with E-state index in [9.17, 15) is 0 Å². The number of rotatable bonds is 21. The zero-order chi connectivity index (χ0) is 33.5. The molecular formula is C40H48N2S6. The van der Waals surface area contributed by atoms with Crippen molar-refractivity contribution >= 4 is 76.3 Å². The van der Waals surface area contributed by atoms with E-state index in [1.54, 1.807) is 21.6 Å². The fourth-order valence-electron chi connectivity index (χ4n) is 5.26. The van der Waals surface area contributed by atoms with E-state index in [0.29, 0.717) is 0 Å². The minimum atomic E-state index is 0.842. The van der Waals surface area contributed by atoms with Crippen LogP contribution in [-0.2, 0) is 26.2 Å². The van der Waals surface area contributed by atoms with Gasteiger partial charge in [0.25, 0.3) is 0 Å². The molecule has 0 saturated heterocycles. The molecule has 0 bridgehead atoms. The minimum absolute atomic E-state index is 0.842. The Labute approximate surface area is 316 Å². The first kappa shape index (κ1) is 38.9. The molecule has 0 fully saturated rings. The third kappa shape index (κ3) is 16.2. The molecule has 4 aromatic rings. The van der Waals surface area contributed by atoms with Gasteiger partial charge in [0, 0.05) is 37.7 Å². The van der Waals surface area contributed by atoms with Gasteiger partial charge in [-0.1, -0.05) is 206 Å². The number of nitrogens with zero attached hydrogens (tertiary/aromatic N) is 2. The predicted molar refractivity (Wildman–Crippen MR) is 226 cm³/mol. The second-order valence-corrected chi connectivity index (χ2v) is 17.9. The zero-order valence-electron chi connectivity index (χ0n) is 27.8. The van der Waals surface area contributed by atoms with Crippen LogP contribution < -0.4 is 0 Å². The maximum atomic E-state index is 5.89. The molecule has 254 valence electrons. The summed E-state index contributed by atoms with van der Waals surface area (Å²) in [5.41, 5.74) is 5.18. The van der Waals surface area contributed by atoms with E-state index in [0.717, 1.165) is 46.3 Å². The van der Waals surface area contributed by atoms with Crippen molar-refractivity contribution in [3.8, 4) is 0 Å². The summed E-state index contributed by atoms with van der Waals surface area (Å²) in [5, 5.41) is 0. The molecule has 0 unspecified atom stereocenters. The summed E-state index contributed by atoms with van der Waals surface area (Å²) in [4.78, 5) is 4.66. The normalized spacial score (nSPS) is 10.9. The molecule has 0 heterocycles. The highest BCUT2D eigenvalue weighted by Gasteiger charge is 2.14. The summed E-state index contributed by atoms with van der Waals surface area (Å²) in [5.74, 6) is 2.31. The molecule has 0 atom stereocenters. The quantitative estimate of drug-likeness (QED) is 0.0466. The number of hydrogen-bond acceptors (Lipinski definition) is 6. The molecule has 8 heteroatoms. The van der Waals surface area contributed by atoms with Crippen LogP contribution in [0, 0.1) is 0 Å². The van der Waals surface area contributed by atoms with Gasteiger partial charge in [-0.25, -0.2) is 0 Å². The Bertz CT molecular complexity index is 1230. The Morgan fingerprint density at radius 3 is 0.896 bits per heavy atom. The summed E-state index contributed by atoms with van der Waals surface area (Å²) < 4.78 is 1.95. The highest BCUT2D eigenvalue weighted by molar-refractivity contribution is 8.84. The highest BCUT2D eigenvalue weighted by Crippen LogP contribution is 2.30. The summed E-state index contributed by atoms with van der Waals surface area (Å²) in [6.45, 7) is 3.37. The lowest BCUT2D eigenvalue weighted by Gasteiger charge is -2.25. The van der Waals surface area contributed by atoms with Crippen LogP contribution in [0.4, 0.5) is 0 Å². The third-order valence-electron chi connectivity index (χ3n) is 7.85. The van der Waals surface area contributed by atoms with Crippen molar-refractivity contribution in [3.63, 3.8) is 0 Å². The summed E-state index contributed by atoms with van der Waals surface area (Å²) >= 11 is 11.8. The number of unbranched alkanes of at least 4 members (excludes halogenated alkanes) is 7. The van der Waals surface area contributed by atoms with Gasteiger partial charge in [-0.3, -0.25) is 0 Å². The Hall–Kier alpha value is -1.94. The van der Waals surface area contributed by atoms with Crippen LogP contribution in [0.15, 0.2) is 121 Å². The van der Waals surface area contributed by atoms with Crippen LogP contribution in [0.25, 0.3) is 0 Å². The molecular weight excluding hydrogens is 701 g/mol. The second-order valence-electron chi connectivity index (χ2n) is 11.8. The first-order valence-electron chi connectivity index (χ1n) is 17.0. The Kier molecular flexibility index (Phi) is 19.6. The van der Waals surface area contributed by atoms with Crippen LogP contribution in [-0.4, -0.2) is 29.9 Å². The first-order valence-corrected chi connectivity index (χ1v) is 22.5. The van der Waals surface area contributed by atoms with Gasteiger partial charge in [0.2, 0.25) is 0 Å². The number of thiocarbonyl (C=S) groups is 2. The Balaban J connectivity index is 1.01. The zero-order valence-corrected chi connectivity index (χ0v) is 32.7. The van der Waals surface area contributed by atoms with Gasteiger partial charge in [-0.2, -0.15) is 0 Å². The molecule has 0 saturated carbocycles. The maximum Gasteiger partial charge on any atom is 0.147 e. The molecule has 48 heavy (non-hydrogen) atoms. The van der Waals surface area contributed by atoms with Crippen LogP contribution >= 0.6 is 67.6 Å². The van der Waals surface area contributed by atoms with Gasteiger partial charge in [0.15, 0.2) is 0 Å². The summed E-state index contributed by atoms with van der Waals surface area (Å²) in [6, 6.07) is 42.6. The fraction of sp³-hybridized carbons (Fsp3) is 0.350. The van der Waals surface area contributed by atoms with Gasteiger partial charge >= 0.3 is 0 Å². The van der Waals surface area contributed by atoms with Crippen molar-refractivity contribution in [1.82, 2.24) is 9.80 Å². The highest BCUT2D eigenvalue weighted by atomic mass is 33.1. The lowest BCUT2D eigenvalue weighted by atomic mass is 10.1. The lowest BCUT2D eigenvalue weighted by molar-refractivity contribution is 0.421. The van der Waals surface area contributed by atoms with Crippen molar-refractivity contribution in [3.05, 3.63) is 144 Å². The monoisotopic (exact) mass is 748 g/mol. The topological polar surface area (TPSA) is 6.48 Å². The Morgan fingerprint density at radius 1 is 0.375 bits per heavy atom. The Morgan fingerprint density at radius 2 is 0.625 bits per heavy atom.